The van der Waals surface area contributed by atoms with Crippen LogP contribution in [0.1, 0.15) is 23.9 Å². The number of halogens is 1. The number of aryl methyl sites for hydroxylation is 1. The Kier molecular flexibility index (Phi) is 5.09. The van der Waals surface area contributed by atoms with Gasteiger partial charge in [0.1, 0.15) is 6.61 Å². The Hall–Kier alpha value is -3.06. The van der Waals surface area contributed by atoms with Crippen LogP contribution in [0.4, 0.5) is 0 Å². The van der Waals surface area contributed by atoms with Crippen molar-refractivity contribution in [2.45, 2.75) is 20.5 Å². The van der Waals surface area contributed by atoms with Gasteiger partial charge in [-0.15, -0.1) is 0 Å². The number of aromatic hydroxyl groups is 2. The Labute approximate surface area is 154 Å². The molecule has 0 spiro atoms. The predicted octanol–water partition coefficient (Wildman–Crippen LogP) is 4.05. The maximum Gasteiger partial charge on any atom is 0.223 e. The summed E-state index contributed by atoms with van der Waals surface area (Å²) in [6, 6.07) is 10.4. The van der Waals surface area contributed by atoms with E-state index >= 15 is 0 Å². The van der Waals surface area contributed by atoms with Crippen LogP contribution in [0, 0.1) is 6.92 Å². The number of oxime groups is 1. The van der Waals surface area contributed by atoms with Crippen LogP contribution >= 0.6 is 11.6 Å². The molecular weight excluding hydrogens is 358 g/mol. The number of benzene rings is 2. The summed E-state index contributed by atoms with van der Waals surface area (Å²) in [5.41, 5.74) is 2.75. The average molecular weight is 374 g/mol. The van der Waals surface area contributed by atoms with E-state index in [-0.39, 0.29) is 23.1 Å². The highest BCUT2D eigenvalue weighted by atomic mass is 35.5. The Balaban J connectivity index is 1.70. The van der Waals surface area contributed by atoms with Crippen molar-refractivity contribution < 1.29 is 19.6 Å². The normalized spacial score (nSPS) is 11.6. The van der Waals surface area contributed by atoms with Gasteiger partial charge in [-0.05, 0) is 30.7 Å². The van der Waals surface area contributed by atoms with Crippen LogP contribution in [0.5, 0.6) is 11.5 Å². The van der Waals surface area contributed by atoms with Gasteiger partial charge < -0.3 is 19.6 Å². The topological polar surface area (TPSA) is 101 Å². The number of nitrogens with zero attached hydrogens (tertiary/aromatic N) is 3. The second-order valence-corrected chi connectivity index (χ2v) is 6.02. The highest BCUT2D eigenvalue weighted by Gasteiger charge is 2.10. The predicted molar refractivity (Wildman–Crippen MR) is 96.3 cm³/mol. The third-order valence-corrected chi connectivity index (χ3v) is 3.89. The van der Waals surface area contributed by atoms with Gasteiger partial charge in [0.2, 0.25) is 11.7 Å². The van der Waals surface area contributed by atoms with Crippen LogP contribution in [-0.4, -0.2) is 26.1 Å². The minimum Gasteiger partial charge on any atom is -0.504 e. The third kappa shape index (κ3) is 3.94. The van der Waals surface area contributed by atoms with Crippen molar-refractivity contribution in [3.8, 4) is 22.9 Å². The lowest BCUT2D eigenvalue weighted by atomic mass is 10.1. The molecule has 3 aromatic rings. The second kappa shape index (κ2) is 7.45. The highest BCUT2D eigenvalue weighted by Crippen LogP contribution is 2.34. The maximum absolute atomic E-state index is 9.62. The molecule has 1 heterocycles. The molecule has 0 aliphatic rings. The second-order valence-electron chi connectivity index (χ2n) is 5.61. The zero-order chi connectivity index (χ0) is 18.7. The summed E-state index contributed by atoms with van der Waals surface area (Å²) in [6.07, 6.45) is 0. The number of hydrogen-bond acceptors (Lipinski definition) is 7. The van der Waals surface area contributed by atoms with Gasteiger partial charge >= 0.3 is 0 Å². The number of phenolic OH excluding ortho intramolecular Hbond substituents is 2. The molecule has 2 aromatic carbocycles. The molecule has 0 aliphatic carbocycles. The Bertz CT molecular complexity index is 946. The summed E-state index contributed by atoms with van der Waals surface area (Å²) in [5, 5.41) is 27.1. The number of phenols is 2. The largest absolute Gasteiger partial charge is 0.504 e. The smallest absolute Gasteiger partial charge is 0.223 e. The van der Waals surface area contributed by atoms with Crippen LogP contribution in [0.25, 0.3) is 11.4 Å². The zero-order valence-corrected chi connectivity index (χ0v) is 14.9. The summed E-state index contributed by atoms with van der Waals surface area (Å²) in [6.45, 7) is 3.68. The molecule has 3 rings (SSSR count). The molecule has 7 nitrogen and oxygen atoms in total. The van der Waals surface area contributed by atoms with Crippen molar-refractivity contribution in [3.05, 3.63) is 58.4 Å². The lowest BCUT2D eigenvalue weighted by Gasteiger charge is -2.06. The molecule has 0 amide bonds. The molecule has 1 aromatic heterocycles. The number of hydrogen-bond donors (Lipinski definition) is 2. The van der Waals surface area contributed by atoms with Gasteiger partial charge in [0, 0.05) is 18.1 Å². The van der Waals surface area contributed by atoms with E-state index < -0.39 is 0 Å². The Morgan fingerprint density at radius 1 is 1.27 bits per heavy atom. The van der Waals surface area contributed by atoms with Crippen LogP contribution in [0.2, 0.25) is 5.02 Å². The lowest BCUT2D eigenvalue weighted by molar-refractivity contribution is 0.130. The zero-order valence-electron chi connectivity index (χ0n) is 14.1. The molecule has 8 heteroatoms. The van der Waals surface area contributed by atoms with E-state index in [2.05, 4.69) is 15.3 Å². The van der Waals surface area contributed by atoms with E-state index in [1.54, 1.807) is 13.8 Å². The van der Waals surface area contributed by atoms with Crippen LogP contribution < -0.4 is 0 Å². The molecule has 0 fully saturated rings. The van der Waals surface area contributed by atoms with Crippen molar-refractivity contribution >= 4 is 17.3 Å². The fourth-order valence-electron chi connectivity index (χ4n) is 2.27. The average Bonchev–Trinajstić information content (AvgIpc) is 3.06. The number of rotatable bonds is 5. The molecule has 0 atom stereocenters. The minimum atomic E-state index is -0.363. The van der Waals surface area contributed by atoms with Crippen molar-refractivity contribution in [2.75, 3.05) is 0 Å². The molecule has 2 N–H and O–H groups in total. The van der Waals surface area contributed by atoms with E-state index in [0.29, 0.717) is 23.0 Å². The van der Waals surface area contributed by atoms with E-state index in [1.165, 1.54) is 12.1 Å². The Morgan fingerprint density at radius 3 is 2.77 bits per heavy atom. The Morgan fingerprint density at radius 2 is 2.08 bits per heavy atom. The summed E-state index contributed by atoms with van der Waals surface area (Å²) < 4.78 is 4.98. The van der Waals surface area contributed by atoms with Gasteiger partial charge in [0.05, 0.1) is 10.7 Å². The molecule has 0 saturated heterocycles. The molecule has 26 heavy (non-hydrogen) atoms. The summed E-state index contributed by atoms with van der Waals surface area (Å²) in [7, 11) is 0. The van der Waals surface area contributed by atoms with Crippen molar-refractivity contribution in [3.63, 3.8) is 0 Å². The van der Waals surface area contributed by atoms with Gasteiger partial charge in [0.25, 0.3) is 0 Å². The van der Waals surface area contributed by atoms with E-state index in [0.717, 1.165) is 11.1 Å². The van der Waals surface area contributed by atoms with E-state index in [1.807, 2.05) is 24.3 Å². The van der Waals surface area contributed by atoms with Crippen LogP contribution in [-0.2, 0) is 11.4 Å². The van der Waals surface area contributed by atoms with Crippen molar-refractivity contribution in [1.82, 2.24) is 10.1 Å². The van der Waals surface area contributed by atoms with Gasteiger partial charge in [-0.1, -0.05) is 40.1 Å². The standard InChI is InChI=1S/C18H16ClN3O4/c1-10(14-7-15(19)17(24)16(23)8-14)21-25-9-12-4-3-5-13(6-12)18-20-11(2)26-22-18/h3-8,23-24H,9H2,1-2H3. The monoisotopic (exact) mass is 373 g/mol. The van der Waals surface area contributed by atoms with E-state index in [9.17, 15) is 10.2 Å². The van der Waals surface area contributed by atoms with E-state index in [4.69, 9.17) is 21.0 Å². The third-order valence-electron chi connectivity index (χ3n) is 3.61. The van der Waals surface area contributed by atoms with Crippen molar-refractivity contribution in [2.24, 2.45) is 5.16 Å². The fourth-order valence-corrected chi connectivity index (χ4v) is 2.48. The molecule has 0 aliphatic heterocycles. The van der Waals surface area contributed by atoms with Gasteiger partial charge in [-0.25, -0.2) is 0 Å². The first-order chi connectivity index (χ1) is 12.4. The lowest BCUT2D eigenvalue weighted by Crippen LogP contribution is -1.97. The number of aromatic nitrogens is 2. The minimum absolute atomic E-state index is 0.0395. The molecule has 0 saturated carbocycles. The molecule has 134 valence electrons. The fraction of sp³-hybridized carbons (Fsp3) is 0.167. The van der Waals surface area contributed by atoms with Gasteiger partial charge in [0.15, 0.2) is 11.5 Å². The molecule has 0 unspecified atom stereocenters. The summed E-state index contributed by atoms with van der Waals surface area (Å²) >= 11 is 5.85. The summed E-state index contributed by atoms with van der Waals surface area (Å²) in [5.74, 6) is 0.332. The van der Waals surface area contributed by atoms with Crippen LogP contribution in [0.15, 0.2) is 46.1 Å². The first-order valence-corrected chi connectivity index (χ1v) is 8.10. The first kappa shape index (κ1) is 17.8. The summed E-state index contributed by atoms with van der Waals surface area (Å²) in [4.78, 5) is 9.57. The molecular formula is C18H16ClN3O4. The maximum atomic E-state index is 9.62. The first-order valence-electron chi connectivity index (χ1n) is 7.72. The molecule has 0 bridgehead atoms. The highest BCUT2D eigenvalue weighted by molar-refractivity contribution is 6.32. The van der Waals surface area contributed by atoms with Gasteiger partial charge in [-0.3, -0.25) is 0 Å². The quantitative estimate of drug-likeness (QED) is 0.397. The van der Waals surface area contributed by atoms with Crippen molar-refractivity contribution in [1.29, 1.82) is 0 Å². The van der Waals surface area contributed by atoms with Crippen LogP contribution in [0.3, 0.4) is 0 Å². The van der Waals surface area contributed by atoms with Gasteiger partial charge in [-0.2, -0.15) is 4.98 Å². The SMILES string of the molecule is CC(=NOCc1cccc(-c2noc(C)n2)c1)c1cc(O)c(O)c(Cl)c1. The molecule has 0 radical (unpaired) electrons.